The summed E-state index contributed by atoms with van der Waals surface area (Å²) in [6.07, 6.45) is 2.49. The zero-order chi connectivity index (χ0) is 13.2. The van der Waals surface area contributed by atoms with Crippen LogP contribution >= 0.6 is 11.3 Å². The van der Waals surface area contributed by atoms with E-state index >= 15 is 0 Å². The number of fused-ring (bicyclic) bond motifs is 1. The van der Waals surface area contributed by atoms with Gasteiger partial charge >= 0.3 is 0 Å². The monoisotopic (exact) mass is 277 g/mol. The van der Waals surface area contributed by atoms with Gasteiger partial charge in [-0.05, 0) is 6.07 Å². The molecule has 19 heavy (non-hydrogen) atoms. The third kappa shape index (κ3) is 2.44. The number of aldehydes is 1. The van der Waals surface area contributed by atoms with E-state index in [1.807, 2.05) is 6.07 Å². The Hall–Kier alpha value is -1.57. The first-order valence-corrected chi connectivity index (χ1v) is 6.98. The Labute approximate surface area is 114 Å². The largest absolute Gasteiger partial charge is 0.383 e. The Kier molecular flexibility index (Phi) is 3.41. The third-order valence-corrected chi connectivity index (χ3v) is 4.35. The molecule has 3 heterocycles. The van der Waals surface area contributed by atoms with Gasteiger partial charge in [0.05, 0.1) is 11.4 Å². The number of piperazine rings is 1. The number of anilines is 1. The molecule has 2 aromatic rings. The highest BCUT2D eigenvalue weighted by Gasteiger charge is 2.22. The molecule has 1 aliphatic rings. The third-order valence-electron chi connectivity index (χ3n) is 3.33. The molecule has 3 rings (SSSR count). The number of nitrogens with zero attached hydrogens (tertiary/aromatic N) is 3. The van der Waals surface area contributed by atoms with E-state index in [4.69, 9.17) is 5.73 Å². The number of carbonyl (C=O) groups is 1. The standard InChI is InChI=1S/C12H15N5OS/c13-11-10-3-9(19-12(10)16-7-15-11)5-17-2-1-14-4-8(17)6-18/h3,6-8,14H,1-2,4-5H2,(H2,13,15,16). The molecule has 100 valence electrons. The minimum absolute atomic E-state index is 0.0533. The predicted octanol–water partition coefficient (Wildman–Crippen LogP) is 0.246. The van der Waals surface area contributed by atoms with Crippen molar-refractivity contribution in [1.82, 2.24) is 20.2 Å². The van der Waals surface area contributed by atoms with Gasteiger partial charge in [-0.3, -0.25) is 4.90 Å². The number of hydrogen-bond acceptors (Lipinski definition) is 7. The molecule has 7 heteroatoms. The van der Waals surface area contributed by atoms with Gasteiger partial charge in [-0.2, -0.15) is 0 Å². The number of thiophene rings is 1. The molecule has 0 amide bonds. The highest BCUT2D eigenvalue weighted by Crippen LogP contribution is 2.27. The number of nitrogens with one attached hydrogen (secondary N) is 1. The fourth-order valence-electron chi connectivity index (χ4n) is 2.30. The van der Waals surface area contributed by atoms with Crippen LogP contribution in [0.3, 0.4) is 0 Å². The SMILES string of the molecule is Nc1ncnc2sc(CN3CCNCC3C=O)cc12. The van der Waals surface area contributed by atoms with Crippen LogP contribution in [0.25, 0.3) is 10.2 Å². The molecular weight excluding hydrogens is 262 g/mol. The van der Waals surface area contributed by atoms with Gasteiger partial charge in [-0.25, -0.2) is 9.97 Å². The second-order valence-corrected chi connectivity index (χ2v) is 5.68. The Balaban J connectivity index is 1.84. The summed E-state index contributed by atoms with van der Waals surface area (Å²) in [6.45, 7) is 3.26. The van der Waals surface area contributed by atoms with Crippen molar-refractivity contribution in [2.75, 3.05) is 25.4 Å². The average molecular weight is 277 g/mol. The number of aromatic nitrogens is 2. The lowest BCUT2D eigenvalue weighted by Gasteiger charge is -2.32. The van der Waals surface area contributed by atoms with Crippen LogP contribution in [-0.4, -0.2) is 46.8 Å². The molecule has 0 saturated carbocycles. The van der Waals surface area contributed by atoms with Crippen LogP contribution in [0.15, 0.2) is 12.4 Å². The van der Waals surface area contributed by atoms with Crippen molar-refractivity contribution < 1.29 is 4.79 Å². The minimum atomic E-state index is -0.0533. The summed E-state index contributed by atoms with van der Waals surface area (Å²) in [4.78, 5) is 23.5. The molecule has 0 aliphatic carbocycles. The average Bonchev–Trinajstić information content (AvgIpc) is 2.83. The number of rotatable bonds is 3. The van der Waals surface area contributed by atoms with E-state index in [1.165, 1.54) is 6.33 Å². The lowest BCUT2D eigenvalue weighted by atomic mass is 10.2. The van der Waals surface area contributed by atoms with Crippen LogP contribution in [0.2, 0.25) is 0 Å². The summed E-state index contributed by atoms with van der Waals surface area (Å²) in [7, 11) is 0. The van der Waals surface area contributed by atoms with Gasteiger partial charge in [0.25, 0.3) is 0 Å². The smallest absolute Gasteiger partial charge is 0.138 e. The summed E-state index contributed by atoms with van der Waals surface area (Å²) in [5, 5.41) is 4.13. The van der Waals surface area contributed by atoms with E-state index in [-0.39, 0.29) is 6.04 Å². The number of nitrogens with two attached hydrogens (primary N) is 1. The summed E-state index contributed by atoms with van der Waals surface area (Å²) in [6, 6.07) is 1.97. The second kappa shape index (κ2) is 5.20. The molecule has 1 saturated heterocycles. The van der Waals surface area contributed by atoms with E-state index in [9.17, 15) is 4.79 Å². The fourth-order valence-corrected chi connectivity index (χ4v) is 3.33. The fraction of sp³-hybridized carbons (Fsp3) is 0.417. The van der Waals surface area contributed by atoms with E-state index < -0.39 is 0 Å². The Morgan fingerprint density at radius 1 is 1.58 bits per heavy atom. The lowest BCUT2D eigenvalue weighted by Crippen LogP contribution is -2.51. The second-order valence-electron chi connectivity index (χ2n) is 4.57. The number of hydrogen-bond donors (Lipinski definition) is 2. The molecule has 1 unspecified atom stereocenters. The first kappa shape index (κ1) is 12.5. The maximum Gasteiger partial charge on any atom is 0.138 e. The van der Waals surface area contributed by atoms with Crippen molar-refractivity contribution in [1.29, 1.82) is 0 Å². The summed E-state index contributed by atoms with van der Waals surface area (Å²) in [5.74, 6) is 0.514. The molecule has 1 atom stereocenters. The zero-order valence-electron chi connectivity index (χ0n) is 10.4. The summed E-state index contributed by atoms with van der Waals surface area (Å²) in [5.41, 5.74) is 5.83. The van der Waals surface area contributed by atoms with Crippen molar-refractivity contribution in [3.05, 3.63) is 17.3 Å². The molecule has 1 aliphatic heterocycles. The first-order valence-electron chi connectivity index (χ1n) is 6.17. The molecule has 1 fully saturated rings. The van der Waals surface area contributed by atoms with Crippen LogP contribution in [-0.2, 0) is 11.3 Å². The number of carbonyl (C=O) groups excluding carboxylic acids is 1. The molecule has 0 spiro atoms. The minimum Gasteiger partial charge on any atom is -0.383 e. The maximum atomic E-state index is 11.1. The summed E-state index contributed by atoms with van der Waals surface area (Å²) < 4.78 is 0. The topological polar surface area (TPSA) is 84.1 Å². The maximum absolute atomic E-state index is 11.1. The van der Waals surface area contributed by atoms with Crippen molar-refractivity contribution in [2.45, 2.75) is 12.6 Å². The Bertz CT molecular complexity index is 599. The van der Waals surface area contributed by atoms with Crippen molar-refractivity contribution >= 4 is 33.7 Å². The molecule has 3 N–H and O–H groups in total. The quantitative estimate of drug-likeness (QED) is 0.782. The van der Waals surface area contributed by atoms with Gasteiger partial charge < -0.3 is 15.8 Å². The van der Waals surface area contributed by atoms with Gasteiger partial charge in [-0.1, -0.05) is 0 Å². The molecule has 0 radical (unpaired) electrons. The van der Waals surface area contributed by atoms with Crippen molar-refractivity contribution in [2.24, 2.45) is 0 Å². The van der Waals surface area contributed by atoms with Gasteiger partial charge in [0.2, 0.25) is 0 Å². The van der Waals surface area contributed by atoms with Crippen LogP contribution in [0, 0.1) is 0 Å². The highest BCUT2D eigenvalue weighted by atomic mass is 32.1. The van der Waals surface area contributed by atoms with E-state index in [2.05, 4.69) is 20.2 Å². The van der Waals surface area contributed by atoms with E-state index in [0.717, 1.165) is 47.6 Å². The van der Waals surface area contributed by atoms with E-state index in [1.54, 1.807) is 11.3 Å². The van der Waals surface area contributed by atoms with Gasteiger partial charge in [0.15, 0.2) is 0 Å². The summed E-state index contributed by atoms with van der Waals surface area (Å²) >= 11 is 1.61. The molecule has 2 aromatic heterocycles. The Morgan fingerprint density at radius 2 is 2.47 bits per heavy atom. The zero-order valence-corrected chi connectivity index (χ0v) is 11.2. The molecule has 0 bridgehead atoms. The highest BCUT2D eigenvalue weighted by molar-refractivity contribution is 7.18. The Morgan fingerprint density at radius 3 is 3.26 bits per heavy atom. The van der Waals surface area contributed by atoms with E-state index in [0.29, 0.717) is 5.82 Å². The predicted molar refractivity (Wildman–Crippen MR) is 75.0 cm³/mol. The van der Waals surface area contributed by atoms with Crippen molar-refractivity contribution in [3.8, 4) is 0 Å². The normalized spacial score (nSPS) is 20.7. The molecule has 6 nitrogen and oxygen atoms in total. The van der Waals surface area contributed by atoms with Gasteiger partial charge in [0.1, 0.15) is 23.3 Å². The lowest BCUT2D eigenvalue weighted by molar-refractivity contribution is -0.113. The van der Waals surface area contributed by atoms with Crippen LogP contribution in [0.1, 0.15) is 4.88 Å². The van der Waals surface area contributed by atoms with Crippen molar-refractivity contribution in [3.63, 3.8) is 0 Å². The first-order chi connectivity index (χ1) is 9.28. The molecule has 0 aromatic carbocycles. The van der Waals surface area contributed by atoms with Crippen LogP contribution < -0.4 is 11.1 Å². The van der Waals surface area contributed by atoms with Crippen LogP contribution in [0.4, 0.5) is 5.82 Å². The van der Waals surface area contributed by atoms with Gasteiger partial charge in [-0.15, -0.1) is 11.3 Å². The molecular formula is C12H15N5OS. The van der Waals surface area contributed by atoms with Gasteiger partial charge in [0, 0.05) is 31.1 Å². The number of nitrogen functional groups attached to an aromatic ring is 1. The van der Waals surface area contributed by atoms with Crippen LogP contribution in [0.5, 0.6) is 0 Å².